The van der Waals surface area contributed by atoms with Crippen molar-refractivity contribution in [1.29, 1.82) is 0 Å². The highest BCUT2D eigenvalue weighted by Crippen LogP contribution is 2.22. The van der Waals surface area contributed by atoms with Gasteiger partial charge in [-0.25, -0.2) is 0 Å². The van der Waals surface area contributed by atoms with Gasteiger partial charge in [0.2, 0.25) is 0 Å². The Kier molecular flexibility index (Phi) is 5.42. The van der Waals surface area contributed by atoms with Gasteiger partial charge >= 0.3 is 0 Å². The van der Waals surface area contributed by atoms with Gasteiger partial charge in [0.15, 0.2) is 0 Å². The average Bonchev–Trinajstić information content (AvgIpc) is 2.91. The van der Waals surface area contributed by atoms with Crippen molar-refractivity contribution in [2.24, 2.45) is 5.92 Å². The molecule has 2 heteroatoms. The van der Waals surface area contributed by atoms with E-state index in [0.717, 1.165) is 18.6 Å². The summed E-state index contributed by atoms with van der Waals surface area (Å²) in [5.74, 6) is 1.71. The highest BCUT2D eigenvalue weighted by Gasteiger charge is 2.16. The molecule has 1 aromatic carbocycles. The zero-order chi connectivity index (χ0) is 14.4. The van der Waals surface area contributed by atoms with Crippen LogP contribution in [0.25, 0.3) is 0 Å². The first-order valence-electron chi connectivity index (χ1n) is 7.48. The van der Waals surface area contributed by atoms with Crippen LogP contribution in [0, 0.1) is 5.92 Å². The minimum absolute atomic E-state index is 0.394. The summed E-state index contributed by atoms with van der Waals surface area (Å²) in [6.45, 7) is 6.77. The van der Waals surface area contributed by atoms with Gasteiger partial charge in [-0.15, -0.1) is 0 Å². The first-order valence-corrected chi connectivity index (χ1v) is 7.48. The summed E-state index contributed by atoms with van der Waals surface area (Å²) in [5.41, 5.74) is 1.37. The summed E-state index contributed by atoms with van der Waals surface area (Å²) in [5, 5.41) is 3.74. The summed E-state index contributed by atoms with van der Waals surface area (Å²) in [6, 6.07) is 15.5. The molecule has 20 heavy (non-hydrogen) atoms. The number of nitrogens with one attached hydrogen (secondary N) is 1. The van der Waals surface area contributed by atoms with E-state index in [1.807, 2.05) is 12.1 Å². The van der Waals surface area contributed by atoms with E-state index >= 15 is 0 Å². The van der Waals surface area contributed by atoms with Gasteiger partial charge in [0.1, 0.15) is 5.76 Å². The van der Waals surface area contributed by atoms with Crippen LogP contribution in [0.2, 0.25) is 0 Å². The van der Waals surface area contributed by atoms with Crippen molar-refractivity contribution < 1.29 is 4.42 Å². The maximum atomic E-state index is 5.43. The molecule has 0 saturated carbocycles. The quantitative estimate of drug-likeness (QED) is 0.797. The molecule has 1 aromatic heterocycles. The molecule has 0 aliphatic rings. The van der Waals surface area contributed by atoms with Crippen LogP contribution >= 0.6 is 0 Å². The fourth-order valence-electron chi connectivity index (χ4n) is 2.59. The van der Waals surface area contributed by atoms with Gasteiger partial charge in [-0.1, -0.05) is 44.2 Å². The first-order chi connectivity index (χ1) is 9.65. The van der Waals surface area contributed by atoms with E-state index < -0.39 is 0 Å². The number of furan rings is 1. The predicted molar refractivity (Wildman–Crippen MR) is 83.6 cm³/mol. The van der Waals surface area contributed by atoms with E-state index in [1.54, 1.807) is 6.26 Å². The lowest BCUT2D eigenvalue weighted by atomic mass is 9.96. The Hall–Kier alpha value is -1.54. The number of rotatable bonds is 7. The van der Waals surface area contributed by atoms with Gasteiger partial charge in [0.05, 0.1) is 6.26 Å². The molecule has 1 N–H and O–H groups in total. The maximum Gasteiger partial charge on any atom is 0.105 e. The molecule has 0 amide bonds. The lowest BCUT2D eigenvalue weighted by Crippen LogP contribution is -2.32. The number of hydrogen-bond donors (Lipinski definition) is 1. The van der Waals surface area contributed by atoms with Crippen molar-refractivity contribution in [2.45, 2.75) is 45.7 Å². The Bertz CT molecular complexity index is 475. The molecule has 0 aliphatic heterocycles. The van der Waals surface area contributed by atoms with E-state index in [-0.39, 0.29) is 0 Å². The van der Waals surface area contributed by atoms with E-state index in [9.17, 15) is 0 Å². The molecule has 2 aromatic rings. The molecule has 1 heterocycles. The Morgan fingerprint density at radius 2 is 1.75 bits per heavy atom. The van der Waals surface area contributed by atoms with Gasteiger partial charge < -0.3 is 9.73 Å². The van der Waals surface area contributed by atoms with Crippen LogP contribution in [0.1, 0.15) is 44.6 Å². The van der Waals surface area contributed by atoms with Crippen molar-refractivity contribution in [3.63, 3.8) is 0 Å². The lowest BCUT2D eigenvalue weighted by molar-refractivity contribution is 0.373. The molecule has 0 fully saturated rings. The fourth-order valence-corrected chi connectivity index (χ4v) is 2.59. The van der Waals surface area contributed by atoms with Crippen LogP contribution in [-0.4, -0.2) is 6.04 Å². The summed E-state index contributed by atoms with van der Waals surface area (Å²) in [7, 11) is 0. The predicted octanol–water partition coefficient (Wildman–Crippen LogP) is 4.59. The van der Waals surface area contributed by atoms with Crippen LogP contribution < -0.4 is 5.32 Å². The molecular formula is C18H25NO. The number of hydrogen-bond acceptors (Lipinski definition) is 2. The van der Waals surface area contributed by atoms with Crippen molar-refractivity contribution in [3.8, 4) is 0 Å². The van der Waals surface area contributed by atoms with Crippen LogP contribution in [0.15, 0.2) is 53.1 Å². The smallest absolute Gasteiger partial charge is 0.105 e. The van der Waals surface area contributed by atoms with E-state index in [0.29, 0.717) is 18.0 Å². The highest BCUT2D eigenvalue weighted by atomic mass is 16.3. The summed E-state index contributed by atoms with van der Waals surface area (Å²) in [4.78, 5) is 0. The summed E-state index contributed by atoms with van der Waals surface area (Å²) < 4.78 is 5.43. The molecule has 2 nitrogen and oxygen atoms in total. The van der Waals surface area contributed by atoms with Crippen molar-refractivity contribution in [2.75, 3.05) is 0 Å². The minimum atomic E-state index is 0.394. The molecule has 0 spiro atoms. The average molecular weight is 271 g/mol. The van der Waals surface area contributed by atoms with Gasteiger partial charge in [0.25, 0.3) is 0 Å². The fraction of sp³-hybridized carbons (Fsp3) is 0.444. The Morgan fingerprint density at radius 3 is 2.35 bits per heavy atom. The first kappa shape index (κ1) is 14.9. The SMILES string of the molecule is CC(C)CC(NC(C)Cc1ccco1)c1ccccc1. The van der Waals surface area contributed by atoms with Crippen molar-refractivity contribution in [3.05, 3.63) is 60.1 Å². The van der Waals surface area contributed by atoms with Gasteiger partial charge in [-0.3, -0.25) is 0 Å². The van der Waals surface area contributed by atoms with Crippen LogP contribution in [-0.2, 0) is 6.42 Å². The number of benzene rings is 1. The molecule has 0 radical (unpaired) electrons. The maximum absolute atomic E-state index is 5.43. The molecular weight excluding hydrogens is 246 g/mol. The molecule has 0 aliphatic carbocycles. The van der Waals surface area contributed by atoms with Gasteiger partial charge in [0, 0.05) is 18.5 Å². The van der Waals surface area contributed by atoms with Crippen LogP contribution in [0.5, 0.6) is 0 Å². The standard InChI is InChI=1S/C18H25NO/c1-14(2)12-18(16-8-5-4-6-9-16)19-15(3)13-17-10-7-11-20-17/h4-11,14-15,18-19H,12-13H2,1-3H3. The largest absolute Gasteiger partial charge is 0.469 e. The molecule has 2 rings (SSSR count). The van der Waals surface area contributed by atoms with Crippen molar-refractivity contribution >= 4 is 0 Å². The normalized spacial score (nSPS) is 14.4. The van der Waals surface area contributed by atoms with Crippen LogP contribution in [0.3, 0.4) is 0 Å². The molecule has 2 unspecified atom stereocenters. The zero-order valence-electron chi connectivity index (χ0n) is 12.7. The Morgan fingerprint density at radius 1 is 1.00 bits per heavy atom. The van der Waals surface area contributed by atoms with E-state index in [1.165, 1.54) is 5.56 Å². The molecule has 108 valence electrons. The van der Waals surface area contributed by atoms with Gasteiger partial charge in [-0.05, 0) is 37.0 Å². The second-order valence-corrected chi connectivity index (χ2v) is 5.94. The molecule has 0 bridgehead atoms. The van der Waals surface area contributed by atoms with Gasteiger partial charge in [-0.2, -0.15) is 0 Å². The second-order valence-electron chi connectivity index (χ2n) is 5.94. The second kappa shape index (κ2) is 7.30. The molecule has 0 saturated heterocycles. The summed E-state index contributed by atoms with van der Waals surface area (Å²) in [6.07, 6.45) is 3.81. The summed E-state index contributed by atoms with van der Waals surface area (Å²) >= 11 is 0. The molecule has 2 atom stereocenters. The minimum Gasteiger partial charge on any atom is -0.469 e. The third kappa shape index (κ3) is 4.53. The monoisotopic (exact) mass is 271 g/mol. The van der Waals surface area contributed by atoms with E-state index in [4.69, 9.17) is 4.42 Å². The highest BCUT2D eigenvalue weighted by molar-refractivity contribution is 5.19. The zero-order valence-corrected chi connectivity index (χ0v) is 12.7. The topological polar surface area (TPSA) is 25.2 Å². The third-order valence-electron chi connectivity index (χ3n) is 3.48. The lowest BCUT2D eigenvalue weighted by Gasteiger charge is -2.25. The third-order valence-corrected chi connectivity index (χ3v) is 3.48. The Balaban J connectivity index is 2.00. The van der Waals surface area contributed by atoms with E-state index in [2.05, 4.69) is 56.4 Å². The van der Waals surface area contributed by atoms with Crippen LogP contribution in [0.4, 0.5) is 0 Å². The van der Waals surface area contributed by atoms with Crippen molar-refractivity contribution in [1.82, 2.24) is 5.32 Å². The Labute approximate surface area is 122 Å².